The fourth-order valence-corrected chi connectivity index (χ4v) is 2.30. The molecule has 0 amide bonds. The van der Waals surface area contributed by atoms with Crippen molar-refractivity contribution in [2.45, 2.75) is 46.0 Å². The molecule has 0 bridgehead atoms. The Balaban J connectivity index is 2.40. The van der Waals surface area contributed by atoms with Gasteiger partial charge in [-0.3, -0.25) is 9.97 Å². The van der Waals surface area contributed by atoms with Crippen LogP contribution in [0.15, 0.2) is 30.6 Å². The van der Waals surface area contributed by atoms with Crippen molar-refractivity contribution in [3.05, 3.63) is 48.0 Å². The molecule has 0 aliphatic rings. The number of aryl methyl sites for hydroxylation is 2. The third-order valence-electron chi connectivity index (χ3n) is 3.29. The molecule has 0 aliphatic carbocycles. The normalized spacial score (nSPS) is 10.6. The van der Waals surface area contributed by atoms with Gasteiger partial charge in [0.05, 0.1) is 6.20 Å². The van der Waals surface area contributed by atoms with E-state index >= 15 is 0 Å². The number of nitrogens with zero attached hydrogens (tertiary/aromatic N) is 2. The molecule has 0 unspecified atom stereocenters. The first-order chi connectivity index (χ1) is 9.36. The van der Waals surface area contributed by atoms with Gasteiger partial charge in [-0.1, -0.05) is 32.8 Å². The Morgan fingerprint density at radius 3 is 2.74 bits per heavy atom. The molecule has 1 radical (unpaired) electrons. The second-order valence-electron chi connectivity index (χ2n) is 4.81. The van der Waals surface area contributed by atoms with Crippen molar-refractivity contribution >= 4 is 0 Å². The van der Waals surface area contributed by atoms with E-state index in [1.807, 2.05) is 18.5 Å². The average molecular weight is 253 g/mol. The highest BCUT2D eigenvalue weighted by Gasteiger charge is 2.10. The molecular formula is C17H21N2. The smallest absolute Gasteiger partial charge is 0.0974 e. The summed E-state index contributed by atoms with van der Waals surface area (Å²) < 4.78 is 0. The van der Waals surface area contributed by atoms with Crippen molar-refractivity contribution in [3.8, 4) is 11.1 Å². The van der Waals surface area contributed by atoms with Crippen LogP contribution in [0.4, 0.5) is 0 Å². The zero-order chi connectivity index (χ0) is 13.5. The van der Waals surface area contributed by atoms with Crippen LogP contribution in [0.1, 0.15) is 44.4 Å². The lowest BCUT2D eigenvalue weighted by molar-refractivity contribution is 0.777. The molecule has 0 aliphatic heterocycles. The zero-order valence-corrected chi connectivity index (χ0v) is 11.8. The maximum atomic E-state index is 4.55. The van der Waals surface area contributed by atoms with Crippen LogP contribution in [0.25, 0.3) is 11.1 Å². The Morgan fingerprint density at radius 1 is 1.05 bits per heavy atom. The van der Waals surface area contributed by atoms with E-state index in [1.165, 1.54) is 29.7 Å². The lowest BCUT2D eigenvalue weighted by Crippen LogP contribution is -1.98. The summed E-state index contributed by atoms with van der Waals surface area (Å²) in [6, 6.07) is 6.25. The summed E-state index contributed by atoms with van der Waals surface area (Å²) in [5.41, 5.74) is 4.82. The quantitative estimate of drug-likeness (QED) is 0.769. The topological polar surface area (TPSA) is 25.8 Å². The highest BCUT2D eigenvalue weighted by Crippen LogP contribution is 2.26. The molecule has 0 fully saturated rings. The maximum Gasteiger partial charge on any atom is 0.0974 e. The summed E-state index contributed by atoms with van der Waals surface area (Å²) in [4.78, 5) is 8.72. The Labute approximate surface area is 115 Å². The number of rotatable bonds is 6. The first-order valence-corrected chi connectivity index (χ1v) is 7.16. The molecule has 0 saturated heterocycles. The van der Waals surface area contributed by atoms with E-state index in [4.69, 9.17) is 0 Å². The fourth-order valence-electron chi connectivity index (χ4n) is 2.30. The second-order valence-corrected chi connectivity index (χ2v) is 4.81. The van der Waals surface area contributed by atoms with Gasteiger partial charge < -0.3 is 0 Å². The molecular weight excluding hydrogens is 232 g/mol. The minimum atomic E-state index is 1.03. The number of unbranched alkanes of at least 4 members (excludes halogenated alkanes) is 1. The standard InChI is InChI=1S/C17H21N2/c1-3-5-9-17-15(8-6-11-19-17)16-13-18-12-10-14(16)7-4-2/h6,8,10-12H,3-5,7,9H2,1-2H3. The van der Waals surface area contributed by atoms with Gasteiger partial charge in [0.1, 0.15) is 0 Å². The van der Waals surface area contributed by atoms with Gasteiger partial charge in [0.25, 0.3) is 0 Å². The molecule has 0 atom stereocenters. The summed E-state index contributed by atoms with van der Waals surface area (Å²) in [6.07, 6.45) is 12.5. The summed E-state index contributed by atoms with van der Waals surface area (Å²) in [7, 11) is 0. The molecule has 2 aromatic rings. The van der Waals surface area contributed by atoms with Gasteiger partial charge in [0.2, 0.25) is 0 Å². The Bertz CT molecular complexity index is 520. The fraction of sp³-hybridized carbons (Fsp3) is 0.412. The largest absolute Gasteiger partial charge is 0.261 e. The molecule has 99 valence electrons. The van der Waals surface area contributed by atoms with Crippen LogP contribution in [-0.4, -0.2) is 9.97 Å². The lowest BCUT2D eigenvalue weighted by Gasteiger charge is -2.11. The van der Waals surface area contributed by atoms with Gasteiger partial charge in [0, 0.05) is 29.2 Å². The Morgan fingerprint density at radius 2 is 1.95 bits per heavy atom. The van der Waals surface area contributed by atoms with E-state index < -0.39 is 0 Å². The van der Waals surface area contributed by atoms with Crippen LogP contribution in [0, 0.1) is 6.20 Å². The van der Waals surface area contributed by atoms with Crippen LogP contribution in [-0.2, 0) is 12.8 Å². The van der Waals surface area contributed by atoms with Gasteiger partial charge in [-0.2, -0.15) is 0 Å². The van der Waals surface area contributed by atoms with Crippen LogP contribution >= 0.6 is 0 Å². The van der Waals surface area contributed by atoms with Crippen LogP contribution in [0.3, 0.4) is 0 Å². The van der Waals surface area contributed by atoms with Gasteiger partial charge in [0.15, 0.2) is 0 Å². The SMILES string of the molecule is CCCCc1ncccc1-c1[c]nccc1CCC. The van der Waals surface area contributed by atoms with Crippen LogP contribution in [0.2, 0.25) is 0 Å². The number of hydrogen-bond donors (Lipinski definition) is 0. The van der Waals surface area contributed by atoms with Crippen molar-refractivity contribution < 1.29 is 0 Å². The summed E-state index contributed by atoms with van der Waals surface area (Å²) in [6.45, 7) is 4.41. The minimum Gasteiger partial charge on any atom is -0.261 e. The van der Waals surface area contributed by atoms with E-state index in [0.29, 0.717) is 0 Å². The Kier molecular flexibility index (Phi) is 5.08. The van der Waals surface area contributed by atoms with E-state index in [9.17, 15) is 0 Å². The molecule has 2 aromatic heterocycles. The average Bonchev–Trinajstić information content (AvgIpc) is 2.46. The van der Waals surface area contributed by atoms with E-state index in [2.05, 4.69) is 42.1 Å². The van der Waals surface area contributed by atoms with Crippen molar-refractivity contribution in [2.75, 3.05) is 0 Å². The monoisotopic (exact) mass is 253 g/mol. The number of aromatic nitrogens is 2. The molecule has 0 saturated carbocycles. The summed E-state index contributed by atoms with van der Waals surface area (Å²) in [5, 5.41) is 0. The molecule has 2 nitrogen and oxygen atoms in total. The second kappa shape index (κ2) is 7.03. The van der Waals surface area contributed by atoms with E-state index in [-0.39, 0.29) is 0 Å². The van der Waals surface area contributed by atoms with Gasteiger partial charge in [-0.15, -0.1) is 0 Å². The maximum absolute atomic E-state index is 4.55. The van der Waals surface area contributed by atoms with Gasteiger partial charge in [-0.05, 0) is 37.0 Å². The first kappa shape index (κ1) is 13.7. The molecule has 2 heteroatoms. The van der Waals surface area contributed by atoms with Crippen molar-refractivity contribution in [1.29, 1.82) is 0 Å². The lowest BCUT2D eigenvalue weighted by atomic mass is 9.96. The first-order valence-electron chi connectivity index (χ1n) is 7.16. The van der Waals surface area contributed by atoms with Gasteiger partial charge >= 0.3 is 0 Å². The molecule has 0 N–H and O–H groups in total. The number of pyridine rings is 2. The number of hydrogen-bond acceptors (Lipinski definition) is 2. The third kappa shape index (κ3) is 3.40. The molecule has 2 rings (SSSR count). The molecule has 19 heavy (non-hydrogen) atoms. The summed E-state index contributed by atoms with van der Waals surface area (Å²) >= 11 is 0. The van der Waals surface area contributed by atoms with Crippen molar-refractivity contribution in [3.63, 3.8) is 0 Å². The third-order valence-corrected chi connectivity index (χ3v) is 3.29. The highest BCUT2D eigenvalue weighted by molar-refractivity contribution is 5.68. The van der Waals surface area contributed by atoms with Gasteiger partial charge in [-0.25, -0.2) is 0 Å². The molecule has 0 spiro atoms. The van der Waals surface area contributed by atoms with E-state index in [1.54, 1.807) is 0 Å². The van der Waals surface area contributed by atoms with E-state index in [0.717, 1.165) is 24.8 Å². The van der Waals surface area contributed by atoms with Crippen LogP contribution in [0.5, 0.6) is 0 Å². The zero-order valence-electron chi connectivity index (χ0n) is 11.8. The highest BCUT2D eigenvalue weighted by atomic mass is 14.7. The summed E-state index contributed by atoms with van der Waals surface area (Å²) in [5.74, 6) is 0. The minimum absolute atomic E-state index is 1.03. The molecule has 0 aromatic carbocycles. The van der Waals surface area contributed by atoms with Crippen molar-refractivity contribution in [2.24, 2.45) is 0 Å². The molecule has 2 heterocycles. The van der Waals surface area contributed by atoms with Crippen LogP contribution < -0.4 is 0 Å². The predicted octanol–water partition coefficient (Wildman–Crippen LogP) is 4.24. The van der Waals surface area contributed by atoms with Crippen molar-refractivity contribution in [1.82, 2.24) is 9.97 Å². The Hall–Kier alpha value is -1.70. The predicted molar refractivity (Wildman–Crippen MR) is 78.9 cm³/mol.